The fraction of sp³-hybridized carbons (Fsp3) is 0.385. The van der Waals surface area contributed by atoms with Crippen molar-refractivity contribution in [3.8, 4) is 0 Å². The molecule has 2 aromatic rings. The summed E-state index contributed by atoms with van der Waals surface area (Å²) in [5, 5.41) is 6.94. The molecule has 0 bridgehead atoms. The van der Waals surface area contributed by atoms with E-state index in [1.54, 1.807) is 6.07 Å². The van der Waals surface area contributed by atoms with Gasteiger partial charge < -0.3 is 9.73 Å². The Morgan fingerprint density at radius 1 is 1.25 bits per heavy atom. The fourth-order valence-electron chi connectivity index (χ4n) is 1.55. The molecule has 7 heteroatoms. The van der Waals surface area contributed by atoms with E-state index < -0.39 is 10.0 Å². The minimum absolute atomic E-state index is 0.0479. The number of sulfonamides is 1. The minimum atomic E-state index is -3.59. The molecule has 0 fully saturated rings. The second-order valence-electron chi connectivity index (χ2n) is 4.71. The van der Waals surface area contributed by atoms with E-state index in [0.717, 1.165) is 5.56 Å². The second kappa shape index (κ2) is 6.53. The fourth-order valence-corrected chi connectivity index (χ4v) is 3.18. The largest absolute Gasteiger partial charge is 0.447 e. The summed E-state index contributed by atoms with van der Waals surface area (Å²) in [6, 6.07) is 5.35. The Bertz CT molecular complexity index is 630. The van der Waals surface area contributed by atoms with Gasteiger partial charge in [0.25, 0.3) is 10.0 Å². The summed E-state index contributed by atoms with van der Waals surface area (Å²) in [6.07, 6.45) is 0. The molecule has 2 N–H and O–H groups in total. The molecule has 2 aromatic heterocycles. The van der Waals surface area contributed by atoms with Gasteiger partial charge in [-0.3, -0.25) is 0 Å². The molecule has 0 spiro atoms. The molecule has 0 aliphatic carbocycles. The number of hydrogen-bond acceptors (Lipinski definition) is 5. The van der Waals surface area contributed by atoms with Gasteiger partial charge in [-0.15, -0.1) is 0 Å². The molecule has 0 radical (unpaired) electrons. The first-order valence-corrected chi connectivity index (χ1v) is 8.73. The van der Waals surface area contributed by atoms with E-state index in [-0.39, 0.29) is 11.6 Å². The number of hydrogen-bond donors (Lipinski definition) is 2. The van der Waals surface area contributed by atoms with Crippen LogP contribution in [0.3, 0.4) is 0 Å². The van der Waals surface area contributed by atoms with Crippen molar-refractivity contribution in [1.29, 1.82) is 0 Å². The summed E-state index contributed by atoms with van der Waals surface area (Å²) in [7, 11) is -3.59. The van der Waals surface area contributed by atoms with Crippen LogP contribution >= 0.6 is 11.3 Å². The molecule has 2 heterocycles. The van der Waals surface area contributed by atoms with Gasteiger partial charge in [-0.05, 0) is 34.5 Å². The number of furan rings is 1. The highest BCUT2D eigenvalue weighted by Gasteiger charge is 2.18. The van der Waals surface area contributed by atoms with Gasteiger partial charge in [0.1, 0.15) is 5.76 Å². The molecule has 110 valence electrons. The van der Waals surface area contributed by atoms with Gasteiger partial charge in [-0.25, -0.2) is 13.1 Å². The van der Waals surface area contributed by atoms with Crippen molar-refractivity contribution in [3.05, 3.63) is 40.3 Å². The summed E-state index contributed by atoms with van der Waals surface area (Å²) >= 11 is 1.53. The highest BCUT2D eigenvalue weighted by molar-refractivity contribution is 7.89. The van der Waals surface area contributed by atoms with Crippen LogP contribution < -0.4 is 10.0 Å². The lowest BCUT2D eigenvalue weighted by Gasteiger charge is -2.05. The molecular weight excluding hydrogens is 296 g/mol. The average molecular weight is 314 g/mol. The molecule has 0 aromatic carbocycles. The van der Waals surface area contributed by atoms with Crippen LogP contribution in [0.5, 0.6) is 0 Å². The van der Waals surface area contributed by atoms with Crippen LogP contribution in [0.15, 0.2) is 38.5 Å². The maximum absolute atomic E-state index is 12.1. The molecule has 0 aliphatic heterocycles. The van der Waals surface area contributed by atoms with Crippen molar-refractivity contribution in [2.75, 3.05) is 0 Å². The standard InChI is InChI=1S/C13H18N2O3S2/c1-10(2)14-8-12-3-4-13(18-12)20(16,17)15-7-11-5-6-19-9-11/h3-6,9-10,14-15H,7-8H2,1-2H3. The average Bonchev–Trinajstić information content (AvgIpc) is 3.05. The predicted molar refractivity (Wildman–Crippen MR) is 79.0 cm³/mol. The van der Waals surface area contributed by atoms with Crippen molar-refractivity contribution in [1.82, 2.24) is 10.0 Å². The van der Waals surface area contributed by atoms with Gasteiger partial charge in [-0.2, -0.15) is 11.3 Å². The van der Waals surface area contributed by atoms with E-state index in [0.29, 0.717) is 18.3 Å². The second-order valence-corrected chi connectivity index (χ2v) is 7.19. The van der Waals surface area contributed by atoms with Gasteiger partial charge in [-0.1, -0.05) is 13.8 Å². The quantitative estimate of drug-likeness (QED) is 0.823. The van der Waals surface area contributed by atoms with Crippen molar-refractivity contribution >= 4 is 21.4 Å². The SMILES string of the molecule is CC(C)NCc1ccc(S(=O)(=O)NCc2ccsc2)o1. The van der Waals surface area contributed by atoms with Crippen LogP contribution in [0, 0.1) is 0 Å². The third kappa shape index (κ3) is 4.17. The Kier molecular flexibility index (Phi) is 4.98. The summed E-state index contributed by atoms with van der Waals surface area (Å²) in [6.45, 7) is 4.82. The molecule has 20 heavy (non-hydrogen) atoms. The van der Waals surface area contributed by atoms with Crippen LogP contribution in [0.25, 0.3) is 0 Å². The zero-order valence-electron chi connectivity index (χ0n) is 11.4. The lowest BCUT2D eigenvalue weighted by atomic mass is 10.3. The number of thiophene rings is 1. The highest BCUT2D eigenvalue weighted by atomic mass is 32.2. The first-order chi connectivity index (χ1) is 9.47. The van der Waals surface area contributed by atoms with Crippen LogP contribution in [-0.4, -0.2) is 14.5 Å². The summed E-state index contributed by atoms with van der Waals surface area (Å²) in [5.74, 6) is 0.606. The minimum Gasteiger partial charge on any atom is -0.447 e. The summed E-state index contributed by atoms with van der Waals surface area (Å²) in [4.78, 5) is 0. The van der Waals surface area contributed by atoms with Gasteiger partial charge in [0.2, 0.25) is 5.09 Å². The van der Waals surface area contributed by atoms with E-state index in [4.69, 9.17) is 4.42 Å². The maximum Gasteiger partial charge on any atom is 0.274 e. The molecule has 0 saturated carbocycles. The van der Waals surface area contributed by atoms with Crippen molar-refractivity contribution in [3.63, 3.8) is 0 Å². The van der Waals surface area contributed by atoms with Crippen LogP contribution in [0.1, 0.15) is 25.2 Å². The van der Waals surface area contributed by atoms with Gasteiger partial charge in [0, 0.05) is 12.6 Å². The lowest BCUT2D eigenvalue weighted by Crippen LogP contribution is -2.23. The van der Waals surface area contributed by atoms with E-state index in [2.05, 4.69) is 10.0 Å². The summed E-state index contributed by atoms with van der Waals surface area (Å²) in [5.41, 5.74) is 0.937. The Labute approximate surface area is 123 Å². The van der Waals surface area contributed by atoms with E-state index in [1.165, 1.54) is 17.4 Å². The first-order valence-electron chi connectivity index (χ1n) is 6.30. The van der Waals surface area contributed by atoms with Gasteiger partial charge >= 0.3 is 0 Å². The molecule has 0 amide bonds. The molecule has 0 unspecified atom stereocenters. The van der Waals surface area contributed by atoms with E-state index >= 15 is 0 Å². The maximum atomic E-state index is 12.1. The van der Waals surface area contributed by atoms with E-state index in [1.807, 2.05) is 30.7 Å². The third-order valence-corrected chi connectivity index (χ3v) is 4.64. The first kappa shape index (κ1) is 15.2. The normalized spacial score (nSPS) is 12.2. The van der Waals surface area contributed by atoms with Gasteiger partial charge in [0.05, 0.1) is 6.54 Å². The van der Waals surface area contributed by atoms with Crippen LogP contribution in [0.2, 0.25) is 0 Å². The zero-order valence-corrected chi connectivity index (χ0v) is 13.1. The van der Waals surface area contributed by atoms with Gasteiger partial charge in [0.15, 0.2) is 0 Å². The predicted octanol–water partition coefficient (Wildman–Crippen LogP) is 2.32. The Morgan fingerprint density at radius 3 is 2.70 bits per heavy atom. The molecule has 2 rings (SSSR count). The zero-order chi connectivity index (χ0) is 14.6. The third-order valence-electron chi connectivity index (χ3n) is 2.63. The van der Waals surface area contributed by atoms with Crippen LogP contribution in [0.4, 0.5) is 0 Å². The molecule has 0 saturated heterocycles. The topological polar surface area (TPSA) is 71.3 Å². The molecule has 0 aliphatic rings. The van der Waals surface area contributed by atoms with Crippen molar-refractivity contribution in [2.45, 2.75) is 38.1 Å². The molecular formula is C13H18N2O3S2. The van der Waals surface area contributed by atoms with Crippen molar-refractivity contribution in [2.24, 2.45) is 0 Å². The Balaban J connectivity index is 1.98. The number of rotatable bonds is 7. The Hall–Kier alpha value is -1.15. The smallest absolute Gasteiger partial charge is 0.274 e. The van der Waals surface area contributed by atoms with E-state index in [9.17, 15) is 8.42 Å². The highest BCUT2D eigenvalue weighted by Crippen LogP contribution is 2.15. The molecule has 5 nitrogen and oxygen atoms in total. The summed E-state index contributed by atoms with van der Waals surface area (Å²) < 4.78 is 32.0. The molecule has 0 atom stereocenters. The van der Waals surface area contributed by atoms with Crippen LogP contribution in [-0.2, 0) is 23.1 Å². The van der Waals surface area contributed by atoms with Crippen molar-refractivity contribution < 1.29 is 12.8 Å². The lowest BCUT2D eigenvalue weighted by molar-refractivity contribution is 0.393. The Morgan fingerprint density at radius 2 is 2.05 bits per heavy atom. The monoisotopic (exact) mass is 314 g/mol. The number of nitrogens with one attached hydrogen (secondary N) is 2.